The maximum atomic E-state index is 16.2. The van der Waals surface area contributed by atoms with E-state index in [4.69, 9.17) is 18.9 Å². The lowest BCUT2D eigenvalue weighted by atomic mass is 9.65. The van der Waals surface area contributed by atoms with Gasteiger partial charge in [0.1, 0.15) is 36.5 Å². The number of methoxy groups -OCH3 is 1. The molecule has 12 nitrogen and oxygen atoms in total. The number of fused-ring (bicyclic) bond motifs is 3. The van der Waals surface area contributed by atoms with Gasteiger partial charge < -0.3 is 29.4 Å². The van der Waals surface area contributed by atoms with Gasteiger partial charge in [-0.2, -0.15) is 0 Å². The molecular weight excluding hydrogens is 787 g/mol. The Balaban J connectivity index is 1.45. The number of hydrogen-bond donors (Lipinski definition) is 2. The fourth-order valence-corrected chi connectivity index (χ4v) is 9.57. The zero-order chi connectivity index (χ0) is 43.2. The Labute approximate surface area is 361 Å². The van der Waals surface area contributed by atoms with Crippen LogP contribution in [0.1, 0.15) is 71.7 Å². The molecule has 318 valence electrons. The van der Waals surface area contributed by atoms with Crippen molar-refractivity contribution >= 4 is 29.6 Å². The SMILES string of the molecule is C=CCNC(=O)[C@H]1[C@@H]2C(=O)O[C@@H](c3ccccc3)[C@@H](c3ccccc3)N2[C@@H](c2cccc(OCCO)c2)[C@]12C(=O)N(C(=O)OCCOC)c1ccc(C#CC3=CCCCC3)cc12. The second-order valence-electron chi connectivity index (χ2n) is 15.6. The van der Waals surface area contributed by atoms with Crippen LogP contribution in [0, 0.1) is 17.8 Å². The average Bonchev–Trinajstić information content (AvgIpc) is 3.76. The summed E-state index contributed by atoms with van der Waals surface area (Å²) >= 11 is 0. The number of nitrogens with zero attached hydrogens (tertiary/aromatic N) is 2. The van der Waals surface area contributed by atoms with Crippen LogP contribution in [0.4, 0.5) is 10.5 Å². The molecule has 8 rings (SSSR count). The Morgan fingerprint density at radius 3 is 2.37 bits per heavy atom. The standard InChI is InChI=1S/C50H49N3O9/c1-3-26-51-46(55)41-43-47(56)62-44(36-18-11-6-12-19-36)42(35-16-9-5-10-17-35)53(43)45(37-20-13-21-38(32-37)60-28-27-54)50(41)39-31-34(23-22-33-14-7-4-8-15-33)24-25-40(39)52(48(50)57)49(58)61-30-29-59-2/h3,5-6,9-14,16-21,24-25,31-32,41-45,54H,1,4,7-8,15,26-30H2,2H3,(H,51,55)/t41-,42-,43-,44+,45+,50-/m1/s1. The van der Waals surface area contributed by atoms with Gasteiger partial charge in [-0.15, -0.1) is 6.58 Å². The number of aliphatic hydroxyl groups excluding tert-OH is 1. The third-order valence-corrected chi connectivity index (χ3v) is 12.0. The van der Waals surface area contributed by atoms with Gasteiger partial charge in [0, 0.05) is 19.2 Å². The van der Waals surface area contributed by atoms with E-state index in [-0.39, 0.29) is 38.7 Å². The monoisotopic (exact) mass is 835 g/mol. The molecule has 4 aliphatic rings. The largest absolute Gasteiger partial charge is 0.491 e. The molecule has 1 spiro atoms. The van der Waals surface area contributed by atoms with Crippen LogP contribution in [0.25, 0.3) is 0 Å². The summed E-state index contributed by atoms with van der Waals surface area (Å²) in [7, 11) is 1.47. The van der Waals surface area contributed by atoms with Gasteiger partial charge in [0.15, 0.2) is 0 Å². The number of anilines is 1. The molecule has 6 atom stereocenters. The zero-order valence-corrected chi connectivity index (χ0v) is 34.5. The molecule has 62 heavy (non-hydrogen) atoms. The van der Waals surface area contributed by atoms with Gasteiger partial charge >= 0.3 is 12.1 Å². The molecule has 2 saturated heterocycles. The second-order valence-corrected chi connectivity index (χ2v) is 15.6. The third-order valence-electron chi connectivity index (χ3n) is 12.0. The number of hydrogen-bond acceptors (Lipinski definition) is 10. The minimum atomic E-state index is -1.99. The van der Waals surface area contributed by atoms with E-state index >= 15 is 14.4 Å². The Morgan fingerprint density at radius 2 is 1.66 bits per heavy atom. The molecule has 3 amide bonds. The highest BCUT2D eigenvalue weighted by Crippen LogP contribution is 2.66. The van der Waals surface area contributed by atoms with E-state index in [1.807, 2.05) is 71.6 Å². The van der Waals surface area contributed by atoms with Crippen molar-refractivity contribution in [2.45, 2.75) is 55.3 Å². The Hall–Kier alpha value is -6.52. The van der Waals surface area contributed by atoms with Crippen LogP contribution in [-0.2, 0) is 34.0 Å². The fourth-order valence-electron chi connectivity index (χ4n) is 9.57. The number of morpholine rings is 1. The summed E-state index contributed by atoms with van der Waals surface area (Å²) in [6, 6.07) is 27.9. The maximum Gasteiger partial charge on any atom is 0.421 e. The molecule has 0 bridgehead atoms. The lowest BCUT2D eigenvalue weighted by molar-refractivity contribution is -0.178. The van der Waals surface area contributed by atoms with Crippen molar-refractivity contribution in [1.82, 2.24) is 10.2 Å². The van der Waals surface area contributed by atoms with Crippen molar-refractivity contribution in [3.05, 3.63) is 155 Å². The van der Waals surface area contributed by atoms with Crippen molar-refractivity contribution < 1.29 is 43.2 Å². The predicted octanol–water partition coefficient (Wildman–Crippen LogP) is 6.66. The molecule has 3 heterocycles. The van der Waals surface area contributed by atoms with E-state index in [0.717, 1.165) is 41.7 Å². The number of nitrogens with one attached hydrogen (secondary N) is 1. The molecule has 4 aromatic rings. The van der Waals surface area contributed by atoms with Crippen molar-refractivity contribution in [3.8, 4) is 17.6 Å². The van der Waals surface area contributed by atoms with Gasteiger partial charge in [0.05, 0.1) is 36.9 Å². The molecule has 1 aliphatic carbocycles. The summed E-state index contributed by atoms with van der Waals surface area (Å²) in [6.07, 6.45) is 5.73. The van der Waals surface area contributed by atoms with Crippen LogP contribution in [0.5, 0.6) is 5.75 Å². The first kappa shape index (κ1) is 42.2. The van der Waals surface area contributed by atoms with E-state index < -0.39 is 59.4 Å². The summed E-state index contributed by atoms with van der Waals surface area (Å²) in [6.45, 7) is 3.52. The summed E-state index contributed by atoms with van der Waals surface area (Å²) in [4.78, 5) is 63.8. The first-order chi connectivity index (χ1) is 30.3. The molecule has 4 aromatic carbocycles. The average molecular weight is 836 g/mol. The summed E-state index contributed by atoms with van der Waals surface area (Å²) in [5.41, 5.74) is 2.09. The van der Waals surface area contributed by atoms with Crippen molar-refractivity contribution in [2.75, 3.05) is 45.0 Å². The second kappa shape index (κ2) is 18.6. The zero-order valence-electron chi connectivity index (χ0n) is 34.5. The molecule has 0 aromatic heterocycles. The van der Waals surface area contributed by atoms with Crippen LogP contribution < -0.4 is 15.0 Å². The normalized spacial score (nSPS) is 23.9. The van der Waals surface area contributed by atoms with Crippen LogP contribution >= 0.6 is 0 Å². The van der Waals surface area contributed by atoms with Gasteiger partial charge in [-0.25, -0.2) is 9.69 Å². The number of allylic oxidation sites excluding steroid dienone is 2. The number of benzene rings is 4. The van der Waals surface area contributed by atoms with Crippen molar-refractivity contribution in [3.63, 3.8) is 0 Å². The van der Waals surface area contributed by atoms with E-state index in [0.29, 0.717) is 28.0 Å². The van der Waals surface area contributed by atoms with Crippen LogP contribution in [0.2, 0.25) is 0 Å². The molecule has 3 aliphatic heterocycles. The lowest BCUT2D eigenvalue weighted by Gasteiger charge is -2.46. The molecule has 12 heteroatoms. The van der Waals surface area contributed by atoms with Gasteiger partial charge in [-0.3, -0.25) is 19.3 Å². The van der Waals surface area contributed by atoms with E-state index in [9.17, 15) is 9.90 Å². The Bertz CT molecular complexity index is 2430. The number of rotatable bonds is 12. The smallest absolute Gasteiger partial charge is 0.421 e. The highest BCUT2D eigenvalue weighted by Gasteiger charge is 2.75. The Morgan fingerprint density at radius 1 is 0.903 bits per heavy atom. The molecule has 0 unspecified atom stereocenters. The first-order valence-electron chi connectivity index (χ1n) is 21.0. The topological polar surface area (TPSA) is 144 Å². The highest BCUT2D eigenvalue weighted by molar-refractivity contribution is 6.23. The summed E-state index contributed by atoms with van der Waals surface area (Å²) in [5.74, 6) is 3.46. The number of aliphatic hydroxyl groups is 1. The van der Waals surface area contributed by atoms with E-state index in [1.165, 1.54) is 13.2 Å². The molecule has 2 fully saturated rings. The predicted molar refractivity (Wildman–Crippen MR) is 231 cm³/mol. The van der Waals surface area contributed by atoms with Gasteiger partial charge in [-0.05, 0) is 83.8 Å². The molecule has 2 N–H and O–H groups in total. The van der Waals surface area contributed by atoms with Crippen LogP contribution in [0.15, 0.2) is 127 Å². The first-order valence-corrected chi connectivity index (χ1v) is 21.0. The van der Waals surface area contributed by atoms with Crippen LogP contribution in [-0.4, -0.2) is 80.0 Å². The number of ether oxygens (including phenoxy) is 4. The fraction of sp³-hybridized carbons (Fsp3) is 0.320. The summed E-state index contributed by atoms with van der Waals surface area (Å²) < 4.78 is 23.3. The van der Waals surface area contributed by atoms with Gasteiger partial charge in [-0.1, -0.05) is 96.8 Å². The number of imide groups is 1. The number of carbonyl (C=O) groups is 4. The molecule has 0 saturated carbocycles. The minimum Gasteiger partial charge on any atom is -0.491 e. The summed E-state index contributed by atoms with van der Waals surface area (Å²) in [5, 5.41) is 12.7. The lowest BCUT2D eigenvalue weighted by Crippen LogP contribution is -2.55. The van der Waals surface area contributed by atoms with E-state index in [1.54, 1.807) is 36.4 Å². The highest BCUT2D eigenvalue weighted by atomic mass is 16.6. The number of amides is 3. The minimum absolute atomic E-state index is 0.00540. The van der Waals surface area contributed by atoms with E-state index in [2.05, 4.69) is 29.8 Å². The van der Waals surface area contributed by atoms with Crippen molar-refractivity contribution in [2.24, 2.45) is 5.92 Å². The quantitative estimate of drug-likeness (QED) is 0.0689. The number of cyclic esters (lactones) is 1. The molecular formula is C50H49N3O9. The maximum absolute atomic E-state index is 16.2. The molecule has 0 radical (unpaired) electrons. The number of esters is 1. The number of carbonyl (C=O) groups excluding carboxylic acids is 4. The van der Waals surface area contributed by atoms with Gasteiger partial charge in [0.2, 0.25) is 11.8 Å². The van der Waals surface area contributed by atoms with Gasteiger partial charge in [0.25, 0.3) is 0 Å². The van der Waals surface area contributed by atoms with Crippen molar-refractivity contribution in [1.29, 1.82) is 0 Å². The Kier molecular flexibility index (Phi) is 12.7. The van der Waals surface area contributed by atoms with Crippen LogP contribution in [0.3, 0.4) is 0 Å². The third kappa shape index (κ3) is 7.68.